The Morgan fingerprint density at radius 3 is 2.04 bits per heavy atom. The van der Waals surface area contributed by atoms with Gasteiger partial charge in [-0.15, -0.1) is 12.6 Å². The molecule has 0 saturated heterocycles. The van der Waals surface area contributed by atoms with Crippen molar-refractivity contribution in [2.75, 3.05) is 0 Å². The molecule has 0 heterocycles. The van der Waals surface area contributed by atoms with Crippen molar-refractivity contribution in [2.24, 2.45) is 0 Å². The molecule has 2 aromatic carbocycles. The van der Waals surface area contributed by atoms with Gasteiger partial charge in [-0.2, -0.15) is 0 Å². The largest absolute Gasteiger partial charge is 0.444 e. The van der Waals surface area contributed by atoms with Crippen LogP contribution in [0.3, 0.4) is 0 Å². The van der Waals surface area contributed by atoms with E-state index in [1.807, 2.05) is 42.5 Å². The van der Waals surface area contributed by atoms with Crippen molar-refractivity contribution in [2.45, 2.75) is 45.3 Å². The molecule has 4 nitrogen and oxygen atoms in total. The second kappa shape index (κ2) is 8.90. The van der Waals surface area contributed by atoms with E-state index in [9.17, 15) is 9.59 Å². The first kappa shape index (κ1) is 20.0. The summed E-state index contributed by atoms with van der Waals surface area (Å²) < 4.78 is 5.21. The molecule has 0 bridgehead atoms. The van der Waals surface area contributed by atoms with Crippen LogP contribution < -0.4 is 5.32 Å². The summed E-state index contributed by atoms with van der Waals surface area (Å²) in [4.78, 5) is 23.7. The molecular formula is C21H25NO3S. The van der Waals surface area contributed by atoms with E-state index < -0.39 is 22.9 Å². The molecule has 0 aliphatic rings. The third-order valence-electron chi connectivity index (χ3n) is 3.70. The fraction of sp³-hybridized carbons (Fsp3) is 0.333. The molecule has 1 amide bonds. The van der Waals surface area contributed by atoms with Crippen LogP contribution in [0.25, 0.3) is 0 Å². The van der Waals surface area contributed by atoms with Crippen LogP contribution in [0.2, 0.25) is 0 Å². The Labute approximate surface area is 160 Å². The number of benzene rings is 2. The van der Waals surface area contributed by atoms with Crippen LogP contribution in [0.1, 0.15) is 37.5 Å². The standard InChI is InChI=1S/C21H25NO3S/c1-21(2,3)25-20(24)22-18(19(23)26)14-17-11-9-16(10-12-17)13-15-7-5-4-6-8-15/h4-12,18H,13-14H2,1-3H3,(H,22,24)(H,23,26)/t18-/m0/s1. The molecule has 0 fully saturated rings. The summed E-state index contributed by atoms with van der Waals surface area (Å²) in [7, 11) is 0. The number of alkyl carbamates (subject to hydrolysis) is 1. The number of carbonyl (C=O) groups is 2. The maximum absolute atomic E-state index is 11.9. The molecule has 0 saturated carbocycles. The SMILES string of the molecule is CC(C)(C)OC(=O)N[C@@H](Cc1ccc(Cc2ccccc2)cc1)C(=O)S. The highest BCUT2D eigenvalue weighted by Gasteiger charge is 2.22. The van der Waals surface area contributed by atoms with Gasteiger partial charge in [0.1, 0.15) is 11.6 Å². The van der Waals surface area contributed by atoms with E-state index in [1.54, 1.807) is 20.8 Å². The normalized spacial score (nSPS) is 12.3. The maximum atomic E-state index is 11.9. The average Bonchev–Trinajstić information content (AvgIpc) is 2.55. The van der Waals surface area contributed by atoms with Crippen molar-refractivity contribution < 1.29 is 14.3 Å². The molecule has 1 N–H and O–H groups in total. The van der Waals surface area contributed by atoms with Gasteiger partial charge in [0.2, 0.25) is 5.12 Å². The summed E-state index contributed by atoms with van der Waals surface area (Å²) in [6.07, 6.45) is 0.602. The summed E-state index contributed by atoms with van der Waals surface area (Å²) in [5.74, 6) is 0. The molecule has 0 radical (unpaired) electrons. The molecule has 138 valence electrons. The van der Waals surface area contributed by atoms with Gasteiger partial charge in [-0.25, -0.2) is 4.79 Å². The highest BCUT2D eigenvalue weighted by Crippen LogP contribution is 2.13. The Hall–Kier alpha value is -2.27. The van der Waals surface area contributed by atoms with E-state index in [-0.39, 0.29) is 0 Å². The monoisotopic (exact) mass is 371 g/mol. The first-order valence-corrected chi connectivity index (χ1v) is 9.02. The summed E-state index contributed by atoms with van der Waals surface area (Å²) in [5, 5.41) is 2.19. The number of hydrogen-bond donors (Lipinski definition) is 2. The van der Waals surface area contributed by atoms with Gasteiger partial charge in [-0.05, 0) is 43.9 Å². The van der Waals surface area contributed by atoms with E-state index in [0.29, 0.717) is 6.42 Å². The summed E-state index contributed by atoms with van der Waals surface area (Å²) in [5.41, 5.74) is 2.77. The number of nitrogens with one attached hydrogen (secondary N) is 1. The van der Waals surface area contributed by atoms with E-state index >= 15 is 0 Å². The number of thiol groups is 1. The van der Waals surface area contributed by atoms with Gasteiger partial charge in [0.05, 0.1) is 0 Å². The number of rotatable bonds is 6. The lowest BCUT2D eigenvalue weighted by molar-refractivity contribution is -0.112. The minimum atomic E-state index is -0.729. The molecule has 0 aromatic heterocycles. The predicted molar refractivity (Wildman–Crippen MR) is 107 cm³/mol. The van der Waals surface area contributed by atoms with Crippen LogP contribution in [-0.4, -0.2) is 22.9 Å². The van der Waals surface area contributed by atoms with Crippen LogP contribution in [0.4, 0.5) is 4.79 Å². The smallest absolute Gasteiger partial charge is 0.408 e. The third kappa shape index (κ3) is 6.92. The highest BCUT2D eigenvalue weighted by molar-refractivity contribution is 7.96. The lowest BCUT2D eigenvalue weighted by Crippen LogP contribution is -2.43. The fourth-order valence-corrected chi connectivity index (χ4v) is 2.67. The van der Waals surface area contributed by atoms with Crippen LogP contribution in [0, 0.1) is 0 Å². The van der Waals surface area contributed by atoms with E-state index in [1.165, 1.54) is 11.1 Å². The molecule has 0 spiro atoms. The van der Waals surface area contributed by atoms with E-state index in [2.05, 4.69) is 30.1 Å². The van der Waals surface area contributed by atoms with Gasteiger partial charge >= 0.3 is 6.09 Å². The van der Waals surface area contributed by atoms with Gasteiger partial charge in [0.25, 0.3) is 0 Å². The Kier molecular flexibility index (Phi) is 6.86. The van der Waals surface area contributed by atoms with Crippen molar-refractivity contribution in [1.82, 2.24) is 5.32 Å². The second-order valence-electron chi connectivity index (χ2n) is 7.22. The quantitative estimate of drug-likeness (QED) is 0.750. The summed E-state index contributed by atoms with van der Waals surface area (Å²) >= 11 is 3.89. The zero-order valence-electron chi connectivity index (χ0n) is 15.4. The topological polar surface area (TPSA) is 55.4 Å². The van der Waals surface area contributed by atoms with Crippen LogP contribution in [0.15, 0.2) is 54.6 Å². The van der Waals surface area contributed by atoms with Gasteiger partial charge in [-0.3, -0.25) is 4.79 Å². The minimum Gasteiger partial charge on any atom is -0.444 e. The van der Waals surface area contributed by atoms with Crippen molar-refractivity contribution in [3.8, 4) is 0 Å². The Bertz CT molecular complexity index is 736. The predicted octanol–water partition coefficient (Wildman–Crippen LogP) is 4.17. The number of hydrogen-bond acceptors (Lipinski definition) is 3. The molecule has 1 atom stereocenters. The van der Waals surface area contributed by atoms with Gasteiger partial charge in [-0.1, -0.05) is 54.6 Å². The summed E-state index contributed by atoms with van der Waals surface area (Å²) in [6, 6.07) is 17.5. The van der Waals surface area contributed by atoms with Crippen molar-refractivity contribution in [3.63, 3.8) is 0 Å². The molecule has 2 aromatic rings. The first-order chi connectivity index (χ1) is 12.2. The number of carbonyl (C=O) groups excluding carboxylic acids is 2. The lowest BCUT2D eigenvalue weighted by Gasteiger charge is -2.22. The van der Waals surface area contributed by atoms with Crippen molar-refractivity contribution in [1.29, 1.82) is 0 Å². The number of ether oxygens (including phenoxy) is 1. The van der Waals surface area contributed by atoms with Crippen LogP contribution in [0.5, 0.6) is 0 Å². The molecule has 0 aliphatic carbocycles. The zero-order valence-corrected chi connectivity index (χ0v) is 16.3. The third-order valence-corrected chi connectivity index (χ3v) is 4.01. The molecule has 5 heteroatoms. The van der Waals surface area contributed by atoms with Crippen LogP contribution in [-0.2, 0) is 22.4 Å². The van der Waals surface area contributed by atoms with Crippen LogP contribution >= 0.6 is 12.6 Å². The molecule has 2 rings (SSSR count). The van der Waals surface area contributed by atoms with Gasteiger partial charge in [0, 0.05) is 6.42 Å². The first-order valence-electron chi connectivity index (χ1n) is 8.57. The average molecular weight is 372 g/mol. The lowest BCUT2D eigenvalue weighted by atomic mass is 10.0. The Balaban J connectivity index is 1.98. The van der Waals surface area contributed by atoms with E-state index in [0.717, 1.165) is 12.0 Å². The molecule has 0 unspecified atom stereocenters. The van der Waals surface area contributed by atoms with Gasteiger partial charge < -0.3 is 10.1 Å². The van der Waals surface area contributed by atoms with E-state index in [4.69, 9.17) is 4.74 Å². The van der Waals surface area contributed by atoms with Gasteiger partial charge in [0.15, 0.2) is 0 Å². The van der Waals surface area contributed by atoms with Crippen molar-refractivity contribution in [3.05, 3.63) is 71.3 Å². The maximum Gasteiger partial charge on any atom is 0.408 e. The minimum absolute atomic E-state index is 0.368. The highest BCUT2D eigenvalue weighted by atomic mass is 32.1. The number of amides is 1. The molecular weight excluding hydrogens is 346 g/mol. The van der Waals surface area contributed by atoms with Crippen molar-refractivity contribution >= 4 is 23.8 Å². The fourth-order valence-electron chi connectivity index (χ4n) is 2.51. The zero-order chi connectivity index (χ0) is 19.2. The molecule has 0 aliphatic heterocycles. The second-order valence-corrected chi connectivity index (χ2v) is 7.66. The molecule has 26 heavy (non-hydrogen) atoms. The summed E-state index contributed by atoms with van der Waals surface area (Å²) in [6.45, 7) is 5.32. The Morgan fingerprint density at radius 2 is 1.50 bits per heavy atom. The Morgan fingerprint density at radius 1 is 0.962 bits per heavy atom.